The van der Waals surface area contributed by atoms with Crippen molar-refractivity contribution >= 4 is 17.1 Å². The summed E-state index contributed by atoms with van der Waals surface area (Å²) in [4.78, 5) is 20.7. The molecule has 64 heavy (non-hydrogen) atoms. The highest BCUT2D eigenvalue weighted by Crippen LogP contribution is 2.28. The van der Waals surface area contributed by atoms with Crippen molar-refractivity contribution in [2.75, 3.05) is 157 Å². The van der Waals surface area contributed by atoms with Crippen molar-refractivity contribution in [3.63, 3.8) is 0 Å². The van der Waals surface area contributed by atoms with Gasteiger partial charge in [0.15, 0.2) is 0 Å². The van der Waals surface area contributed by atoms with Crippen molar-refractivity contribution in [1.82, 2.24) is 0 Å². The lowest BCUT2D eigenvalue weighted by Gasteiger charge is -2.09. The molecule has 0 aliphatic heterocycles. The third-order valence-corrected chi connectivity index (χ3v) is 9.81. The molecular weight excluding hydrogens is 835 g/mol. The zero-order valence-electron chi connectivity index (χ0n) is 39.3. The second kappa shape index (κ2) is 48.3. The zero-order chi connectivity index (χ0) is 46.1. The van der Waals surface area contributed by atoms with Crippen molar-refractivity contribution in [3.8, 4) is 0 Å². The minimum atomic E-state index is -0.678. The van der Waals surface area contributed by atoms with Gasteiger partial charge < -0.3 is 57.4 Å². The fourth-order valence-corrected chi connectivity index (χ4v) is 6.25. The summed E-state index contributed by atoms with van der Waals surface area (Å²) in [7, 11) is 0. The van der Waals surface area contributed by atoms with Crippen LogP contribution >= 0.6 is 0 Å². The Bertz CT molecular complexity index is 1170. The Balaban J connectivity index is 1.66. The first-order valence-corrected chi connectivity index (χ1v) is 24.1. The van der Waals surface area contributed by atoms with E-state index in [1.165, 1.54) is 108 Å². The van der Waals surface area contributed by atoms with Gasteiger partial charge in [-0.3, -0.25) is 20.2 Å². The van der Waals surface area contributed by atoms with Gasteiger partial charge in [-0.1, -0.05) is 103 Å². The highest BCUT2D eigenvalue weighted by atomic mass is 16.6. The molecule has 0 bridgehead atoms. The molecule has 18 heteroatoms. The largest absolute Gasteiger partial charge is 0.379 e. The SMILES string of the molecule is CCCCCCCCCCCCCCCCCCOCCOCCOCCOCCOCCOCCOCCOCCOCCOCCOCCNc1ccc([N+](=O)[O-])cc1[N+](=O)[O-]. The van der Waals surface area contributed by atoms with E-state index in [9.17, 15) is 20.2 Å². The minimum absolute atomic E-state index is 0.188. The molecular formula is C46H85N3O15. The molecule has 0 heterocycles. The number of hydrogen-bond acceptors (Lipinski definition) is 16. The van der Waals surface area contributed by atoms with Crippen LogP contribution in [-0.2, 0) is 52.1 Å². The van der Waals surface area contributed by atoms with E-state index in [2.05, 4.69) is 12.2 Å². The van der Waals surface area contributed by atoms with Crippen LogP contribution in [0.5, 0.6) is 0 Å². The minimum Gasteiger partial charge on any atom is -0.379 e. The predicted octanol–water partition coefficient (Wildman–Crippen LogP) is 8.36. The van der Waals surface area contributed by atoms with Gasteiger partial charge in [0.05, 0.1) is 155 Å². The first-order chi connectivity index (χ1) is 31.6. The van der Waals surface area contributed by atoms with Gasteiger partial charge in [-0.25, -0.2) is 0 Å². The summed E-state index contributed by atoms with van der Waals surface area (Å²) in [5.41, 5.74) is -0.520. The first-order valence-electron chi connectivity index (χ1n) is 24.1. The molecule has 18 nitrogen and oxygen atoms in total. The predicted molar refractivity (Wildman–Crippen MR) is 247 cm³/mol. The van der Waals surface area contributed by atoms with E-state index >= 15 is 0 Å². The average molecular weight is 920 g/mol. The molecule has 1 aromatic carbocycles. The fourth-order valence-electron chi connectivity index (χ4n) is 6.25. The van der Waals surface area contributed by atoms with E-state index in [1.807, 2.05) is 0 Å². The van der Waals surface area contributed by atoms with E-state index in [0.29, 0.717) is 139 Å². The topological polar surface area (TPSA) is 200 Å². The number of rotatable bonds is 53. The fraction of sp³-hybridized carbons (Fsp3) is 0.870. The molecule has 0 aliphatic rings. The molecule has 0 aliphatic carbocycles. The lowest BCUT2D eigenvalue weighted by Crippen LogP contribution is -2.16. The van der Waals surface area contributed by atoms with E-state index in [1.54, 1.807) is 0 Å². The Morgan fingerprint density at radius 3 is 0.953 bits per heavy atom. The number of nitrogens with one attached hydrogen (secondary N) is 1. The van der Waals surface area contributed by atoms with E-state index in [0.717, 1.165) is 19.1 Å². The van der Waals surface area contributed by atoms with E-state index < -0.39 is 9.85 Å². The van der Waals surface area contributed by atoms with Gasteiger partial charge in [0.25, 0.3) is 11.4 Å². The van der Waals surface area contributed by atoms with Crippen molar-refractivity contribution in [2.24, 2.45) is 0 Å². The van der Waals surface area contributed by atoms with Crippen LogP contribution in [0.2, 0.25) is 0 Å². The number of unbranched alkanes of at least 4 members (excludes halogenated alkanes) is 15. The standard InChI is InChI=1S/C46H85N3O15/c1-2-3-4-5-6-7-8-9-10-11-12-13-14-15-16-17-21-54-23-25-56-27-29-58-31-33-60-35-37-62-39-41-64-42-40-63-38-36-61-34-32-59-30-28-57-26-24-55-22-20-47-45-19-18-44(48(50)51)43-46(45)49(52)53/h18-19,43,47H,2-17,20-42H2,1H3. The zero-order valence-corrected chi connectivity index (χ0v) is 39.3. The Kier molecular flexibility index (Phi) is 44.8. The molecule has 0 saturated carbocycles. The van der Waals surface area contributed by atoms with Crippen LogP contribution in [0.25, 0.3) is 0 Å². The van der Waals surface area contributed by atoms with Gasteiger partial charge in [-0.05, 0) is 12.5 Å². The molecule has 0 atom stereocenters. The molecule has 0 spiro atoms. The number of hydrogen-bond donors (Lipinski definition) is 1. The van der Waals surface area contributed by atoms with Crippen molar-refractivity contribution < 1.29 is 62.0 Å². The normalized spacial score (nSPS) is 11.5. The Morgan fingerprint density at radius 1 is 0.375 bits per heavy atom. The van der Waals surface area contributed by atoms with Crippen LogP contribution < -0.4 is 5.32 Å². The van der Waals surface area contributed by atoms with Crippen LogP contribution in [0.4, 0.5) is 17.1 Å². The van der Waals surface area contributed by atoms with Gasteiger partial charge in [0.1, 0.15) is 5.69 Å². The van der Waals surface area contributed by atoms with Crippen LogP contribution in [0.15, 0.2) is 18.2 Å². The summed E-state index contributed by atoms with van der Waals surface area (Å²) in [6.45, 7) is 13.3. The van der Waals surface area contributed by atoms with Gasteiger partial charge in [0, 0.05) is 19.2 Å². The third kappa shape index (κ3) is 40.9. The quantitative estimate of drug-likeness (QED) is 0.0371. The second-order valence-electron chi connectivity index (χ2n) is 15.2. The summed E-state index contributed by atoms with van der Waals surface area (Å²) >= 11 is 0. The van der Waals surface area contributed by atoms with Gasteiger partial charge in [-0.15, -0.1) is 0 Å². The number of non-ortho nitro benzene ring substituents is 1. The number of nitrogens with zero attached hydrogens (tertiary/aromatic N) is 2. The Morgan fingerprint density at radius 2 is 0.656 bits per heavy atom. The summed E-state index contributed by atoms with van der Waals surface area (Å²) < 4.78 is 60.7. The van der Waals surface area contributed by atoms with Crippen LogP contribution in [0.1, 0.15) is 110 Å². The number of benzene rings is 1. The number of anilines is 1. The monoisotopic (exact) mass is 920 g/mol. The van der Waals surface area contributed by atoms with E-state index in [-0.39, 0.29) is 23.7 Å². The molecule has 0 aromatic heterocycles. The average Bonchev–Trinajstić information content (AvgIpc) is 3.29. The highest BCUT2D eigenvalue weighted by molar-refractivity contribution is 5.65. The lowest BCUT2D eigenvalue weighted by molar-refractivity contribution is -0.393. The van der Waals surface area contributed by atoms with Crippen LogP contribution in [0.3, 0.4) is 0 Å². The molecule has 1 aromatic rings. The van der Waals surface area contributed by atoms with Gasteiger partial charge in [0.2, 0.25) is 0 Å². The van der Waals surface area contributed by atoms with Crippen LogP contribution in [-0.4, -0.2) is 162 Å². The molecule has 0 fully saturated rings. The Hall–Kier alpha value is -2.62. The molecule has 1 rings (SSSR count). The van der Waals surface area contributed by atoms with E-state index in [4.69, 9.17) is 52.1 Å². The number of nitro benzene ring substituents is 2. The molecule has 0 amide bonds. The summed E-state index contributed by atoms with van der Waals surface area (Å²) in [6, 6.07) is 3.44. The summed E-state index contributed by atoms with van der Waals surface area (Å²) in [6.07, 6.45) is 22.0. The molecule has 1 N–H and O–H groups in total. The van der Waals surface area contributed by atoms with Gasteiger partial charge >= 0.3 is 0 Å². The number of ether oxygens (including phenoxy) is 11. The van der Waals surface area contributed by atoms with Crippen LogP contribution in [0, 0.1) is 20.2 Å². The maximum Gasteiger partial charge on any atom is 0.299 e. The molecule has 374 valence electrons. The van der Waals surface area contributed by atoms with Crippen molar-refractivity contribution in [1.29, 1.82) is 0 Å². The molecule has 0 unspecified atom stereocenters. The second-order valence-corrected chi connectivity index (χ2v) is 15.2. The van der Waals surface area contributed by atoms with Crippen molar-refractivity contribution in [3.05, 3.63) is 38.4 Å². The van der Waals surface area contributed by atoms with Gasteiger partial charge in [-0.2, -0.15) is 0 Å². The van der Waals surface area contributed by atoms with Crippen molar-refractivity contribution in [2.45, 2.75) is 110 Å². The highest BCUT2D eigenvalue weighted by Gasteiger charge is 2.19. The maximum absolute atomic E-state index is 11.2. The molecule has 0 saturated heterocycles. The third-order valence-electron chi connectivity index (χ3n) is 9.81. The Labute approximate surface area is 383 Å². The summed E-state index contributed by atoms with van der Waals surface area (Å²) in [5.74, 6) is 0. The smallest absolute Gasteiger partial charge is 0.299 e. The summed E-state index contributed by atoms with van der Waals surface area (Å²) in [5, 5.41) is 24.9. The lowest BCUT2D eigenvalue weighted by atomic mass is 10.0. The first kappa shape index (κ1) is 59.4. The maximum atomic E-state index is 11.2. The number of nitro groups is 2. The molecule has 0 radical (unpaired) electrons.